The summed E-state index contributed by atoms with van der Waals surface area (Å²) in [5.74, 6) is 0.944. The van der Waals surface area contributed by atoms with Crippen LogP contribution in [0, 0.1) is 0 Å². The largest absolute Gasteiger partial charge is 0.508 e. The van der Waals surface area contributed by atoms with E-state index in [1.165, 1.54) is 17.7 Å². The number of carbonyl (C=O) groups excluding carboxylic acids is 1. The summed E-state index contributed by atoms with van der Waals surface area (Å²) < 4.78 is 10.8. The third-order valence-corrected chi connectivity index (χ3v) is 6.02. The molecule has 0 spiro atoms. The Labute approximate surface area is 176 Å². The van der Waals surface area contributed by atoms with Crippen molar-refractivity contribution < 1.29 is 24.5 Å². The maximum absolute atomic E-state index is 11.6. The fourth-order valence-corrected chi connectivity index (χ4v) is 4.49. The second-order valence-electron chi connectivity index (χ2n) is 8.16. The number of fused-ring (bicyclic) bond motifs is 1. The molecule has 1 saturated carbocycles. The monoisotopic (exact) mass is 412 g/mol. The van der Waals surface area contributed by atoms with E-state index in [1.54, 1.807) is 7.11 Å². The van der Waals surface area contributed by atoms with Crippen LogP contribution in [0.25, 0.3) is 0 Å². The van der Waals surface area contributed by atoms with Crippen LogP contribution in [-0.2, 0) is 11.2 Å². The average Bonchev–Trinajstić information content (AvgIpc) is 3.20. The van der Waals surface area contributed by atoms with Gasteiger partial charge in [-0.05, 0) is 43.0 Å². The number of carbonyl (C=O) groups is 1. The zero-order chi connectivity index (χ0) is 21.1. The first kappa shape index (κ1) is 20.5. The van der Waals surface area contributed by atoms with Gasteiger partial charge in [-0.1, -0.05) is 25.0 Å². The van der Waals surface area contributed by atoms with Gasteiger partial charge in [0.25, 0.3) is 5.91 Å². The van der Waals surface area contributed by atoms with Gasteiger partial charge in [0.15, 0.2) is 6.61 Å². The SMILES string of the molecule is COc1ccc(CC2(NCC(O)c3cc(O)cc4c3OCC(=O)N4)CCCC2)cc1. The number of aliphatic hydroxyl groups excluding tert-OH is 1. The molecule has 0 aromatic heterocycles. The first-order valence-corrected chi connectivity index (χ1v) is 10.3. The lowest BCUT2D eigenvalue weighted by Gasteiger charge is -2.32. The molecule has 7 nitrogen and oxygen atoms in total. The minimum Gasteiger partial charge on any atom is -0.508 e. The summed E-state index contributed by atoms with van der Waals surface area (Å²) >= 11 is 0. The van der Waals surface area contributed by atoms with E-state index in [4.69, 9.17) is 9.47 Å². The Kier molecular flexibility index (Phi) is 5.83. The Hall–Kier alpha value is -2.77. The maximum atomic E-state index is 11.6. The van der Waals surface area contributed by atoms with E-state index in [-0.39, 0.29) is 23.8 Å². The molecule has 1 aliphatic carbocycles. The number of nitrogens with one attached hydrogen (secondary N) is 2. The Bertz CT molecular complexity index is 907. The van der Waals surface area contributed by atoms with Crippen molar-refractivity contribution >= 4 is 11.6 Å². The van der Waals surface area contributed by atoms with Gasteiger partial charge in [-0.2, -0.15) is 0 Å². The van der Waals surface area contributed by atoms with Gasteiger partial charge in [0.2, 0.25) is 0 Å². The molecule has 1 fully saturated rings. The molecule has 1 amide bonds. The van der Waals surface area contributed by atoms with Crippen LogP contribution in [0.15, 0.2) is 36.4 Å². The minimum atomic E-state index is -0.880. The molecule has 2 aromatic rings. The number of phenols is 1. The van der Waals surface area contributed by atoms with Gasteiger partial charge >= 0.3 is 0 Å². The fraction of sp³-hybridized carbons (Fsp3) is 0.435. The van der Waals surface area contributed by atoms with Crippen molar-refractivity contribution in [3.05, 3.63) is 47.5 Å². The van der Waals surface area contributed by atoms with Crippen molar-refractivity contribution in [2.45, 2.75) is 43.7 Å². The van der Waals surface area contributed by atoms with Crippen molar-refractivity contribution in [1.29, 1.82) is 0 Å². The van der Waals surface area contributed by atoms with Gasteiger partial charge in [-0.3, -0.25) is 4.79 Å². The van der Waals surface area contributed by atoms with E-state index in [0.717, 1.165) is 37.9 Å². The van der Waals surface area contributed by atoms with Crippen molar-refractivity contribution in [1.82, 2.24) is 5.32 Å². The van der Waals surface area contributed by atoms with E-state index in [0.29, 0.717) is 23.5 Å². The molecular formula is C23H28N2O5. The number of ether oxygens (including phenoxy) is 2. The van der Waals surface area contributed by atoms with Gasteiger partial charge in [0, 0.05) is 23.7 Å². The molecule has 0 radical (unpaired) electrons. The van der Waals surface area contributed by atoms with E-state index in [9.17, 15) is 15.0 Å². The molecule has 0 bridgehead atoms. The molecule has 1 heterocycles. The number of β-amino-alcohol motifs (C(OH)–C–C–N with tert-alkyl or cyclic N) is 1. The van der Waals surface area contributed by atoms with Crippen molar-refractivity contribution in [3.63, 3.8) is 0 Å². The zero-order valence-electron chi connectivity index (χ0n) is 17.1. The summed E-state index contributed by atoms with van der Waals surface area (Å²) in [7, 11) is 1.66. The Morgan fingerprint density at radius 1 is 1.23 bits per heavy atom. The molecule has 4 N–H and O–H groups in total. The summed E-state index contributed by atoms with van der Waals surface area (Å²) in [5.41, 5.74) is 1.99. The van der Waals surface area contributed by atoms with E-state index >= 15 is 0 Å². The topological polar surface area (TPSA) is 100 Å². The number of phenolic OH excluding ortho intramolecular Hbond substituents is 1. The molecule has 4 rings (SSSR count). The number of hydrogen-bond acceptors (Lipinski definition) is 6. The van der Waals surface area contributed by atoms with Crippen molar-refractivity contribution in [2.75, 3.05) is 25.6 Å². The second kappa shape index (κ2) is 8.53. The minimum absolute atomic E-state index is 0.0255. The zero-order valence-corrected chi connectivity index (χ0v) is 17.1. The summed E-state index contributed by atoms with van der Waals surface area (Å²) in [6.07, 6.45) is 4.36. The van der Waals surface area contributed by atoms with E-state index in [2.05, 4.69) is 22.8 Å². The summed E-state index contributed by atoms with van der Waals surface area (Å²) in [6, 6.07) is 11.0. The summed E-state index contributed by atoms with van der Waals surface area (Å²) in [6.45, 7) is 0.218. The standard InChI is InChI=1S/C23H28N2O5/c1-29-17-6-4-15(5-7-17)12-23(8-2-3-9-23)24-13-20(27)18-10-16(26)11-19-22(18)30-14-21(28)25-19/h4-7,10-11,20,24,26-27H,2-3,8-9,12-14H2,1H3,(H,25,28). The number of benzene rings is 2. The van der Waals surface area contributed by atoms with Crippen LogP contribution in [0.1, 0.15) is 42.9 Å². The van der Waals surface area contributed by atoms with Crippen LogP contribution in [0.3, 0.4) is 0 Å². The van der Waals surface area contributed by atoms with Gasteiger partial charge in [-0.25, -0.2) is 0 Å². The molecule has 30 heavy (non-hydrogen) atoms. The molecule has 0 saturated heterocycles. The number of rotatable bonds is 7. The normalized spacial score (nSPS) is 18.3. The Morgan fingerprint density at radius 3 is 2.67 bits per heavy atom. The van der Waals surface area contributed by atoms with Crippen LogP contribution in [-0.4, -0.2) is 41.9 Å². The number of methoxy groups -OCH3 is 1. The van der Waals surface area contributed by atoms with Crippen LogP contribution in [0.4, 0.5) is 5.69 Å². The molecule has 1 unspecified atom stereocenters. The first-order valence-electron chi connectivity index (χ1n) is 10.3. The Balaban J connectivity index is 1.48. The van der Waals surface area contributed by atoms with Crippen molar-refractivity contribution in [2.24, 2.45) is 0 Å². The highest BCUT2D eigenvalue weighted by molar-refractivity contribution is 5.96. The van der Waals surface area contributed by atoms with Crippen molar-refractivity contribution in [3.8, 4) is 17.2 Å². The van der Waals surface area contributed by atoms with Gasteiger partial charge in [0.05, 0.1) is 18.9 Å². The van der Waals surface area contributed by atoms with Crippen LogP contribution >= 0.6 is 0 Å². The van der Waals surface area contributed by atoms with E-state index in [1.807, 2.05) is 12.1 Å². The molecule has 7 heteroatoms. The number of aromatic hydroxyl groups is 1. The summed E-state index contributed by atoms with van der Waals surface area (Å²) in [4.78, 5) is 11.6. The number of amides is 1. The number of anilines is 1. The molecule has 1 aliphatic heterocycles. The predicted molar refractivity (Wildman–Crippen MR) is 113 cm³/mol. The van der Waals surface area contributed by atoms with Crippen LogP contribution in [0.2, 0.25) is 0 Å². The highest BCUT2D eigenvalue weighted by Crippen LogP contribution is 2.39. The second-order valence-corrected chi connectivity index (χ2v) is 8.16. The highest BCUT2D eigenvalue weighted by Gasteiger charge is 2.34. The van der Waals surface area contributed by atoms with Gasteiger partial charge in [-0.15, -0.1) is 0 Å². The maximum Gasteiger partial charge on any atom is 0.262 e. The Morgan fingerprint density at radius 2 is 1.97 bits per heavy atom. The lowest BCUT2D eigenvalue weighted by atomic mass is 9.88. The third kappa shape index (κ3) is 4.37. The van der Waals surface area contributed by atoms with Crippen LogP contribution in [0.5, 0.6) is 17.2 Å². The highest BCUT2D eigenvalue weighted by atomic mass is 16.5. The lowest BCUT2D eigenvalue weighted by Crippen LogP contribution is -2.46. The molecular weight excluding hydrogens is 384 g/mol. The first-order chi connectivity index (χ1) is 14.5. The average molecular weight is 412 g/mol. The smallest absolute Gasteiger partial charge is 0.262 e. The number of hydrogen-bond donors (Lipinski definition) is 4. The quantitative estimate of drug-likeness (QED) is 0.558. The van der Waals surface area contributed by atoms with Crippen LogP contribution < -0.4 is 20.1 Å². The van der Waals surface area contributed by atoms with Gasteiger partial charge < -0.3 is 30.3 Å². The third-order valence-electron chi connectivity index (χ3n) is 6.02. The van der Waals surface area contributed by atoms with Gasteiger partial charge in [0.1, 0.15) is 17.2 Å². The molecule has 2 aliphatic rings. The predicted octanol–water partition coefficient (Wildman–Crippen LogP) is 2.91. The summed E-state index contributed by atoms with van der Waals surface area (Å²) in [5, 5.41) is 27.2. The number of aliphatic hydroxyl groups is 1. The fourth-order valence-electron chi connectivity index (χ4n) is 4.49. The molecule has 1 atom stereocenters. The lowest BCUT2D eigenvalue weighted by molar-refractivity contribution is -0.118. The molecule has 2 aromatic carbocycles. The van der Waals surface area contributed by atoms with E-state index < -0.39 is 6.10 Å². The molecule has 160 valence electrons.